The van der Waals surface area contributed by atoms with E-state index >= 15 is 0 Å². The molecule has 154 valence electrons. The average Bonchev–Trinajstić information content (AvgIpc) is 3.08. The van der Waals surface area contributed by atoms with Crippen molar-refractivity contribution in [1.82, 2.24) is 8.87 Å². The zero-order valence-electron chi connectivity index (χ0n) is 16.0. The number of halogens is 2. The van der Waals surface area contributed by atoms with Crippen molar-refractivity contribution in [2.24, 2.45) is 0 Å². The van der Waals surface area contributed by atoms with E-state index in [1.54, 1.807) is 6.07 Å². The molecule has 0 atom stereocenters. The highest BCUT2D eigenvalue weighted by atomic mass is 32.2. The number of benzene rings is 2. The van der Waals surface area contributed by atoms with E-state index in [4.69, 9.17) is 0 Å². The average molecular weight is 420 g/mol. The Morgan fingerprint density at radius 1 is 1.10 bits per heavy atom. The topological polar surface area (TPSA) is 51.5 Å². The minimum Gasteiger partial charge on any atom is -0.435 e. The van der Waals surface area contributed by atoms with Crippen LogP contribution in [-0.4, -0.2) is 43.5 Å². The van der Waals surface area contributed by atoms with Gasteiger partial charge in [-0.15, -0.1) is 0 Å². The zero-order chi connectivity index (χ0) is 20.6. The molecule has 0 radical (unpaired) electrons. The Morgan fingerprint density at radius 3 is 2.48 bits per heavy atom. The van der Waals surface area contributed by atoms with Crippen molar-refractivity contribution in [3.8, 4) is 5.75 Å². The van der Waals surface area contributed by atoms with Gasteiger partial charge in [0.15, 0.2) is 0 Å². The SMILES string of the molecule is CCCN1CC(c2ccc3c(ccn3S(=O)(=O)c3ccc(OC(F)F)cc3)c2)C1. The summed E-state index contributed by atoms with van der Waals surface area (Å²) < 4.78 is 56.1. The summed E-state index contributed by atoms with van der Waals surface area (Å²) in [6.45, 7) is 2.39. The Balaban J connectivity index is 1.59. The van der Waals surface area contributed by atoms with Gasteiger partial charge in [-0.05, 0) is 61.0 Å². The highest BCUT2D eigenvalue weighted by Crippen LogP contribution is 2.31. The number of ether oxygens (including phenoxy) is 1. The summed E-state index contributed by atoms with van der Waals surface area (Å²) in [5.41, 5.74) is 1.81. The van der Waals surface area contributed by atoms with Gasteiger partial charge < -0.3 is 9.64 Å². The van der Waals surface area contributed by atoms with Crippen LogP contribution in [0.3, 0.4) is 0 Å². The Bertz CT molecular complexity index is 1100. The molecule has 1 aliphatic heterocycles. The summed E-state index contributed by atoms with van der Waals surface area (Å²) in [4.78, 5) is 2.42. The molecule has 29 heavy (non-hydrogen) atoms. The van der Waals surface area contributed by atoms with E-state index in [2.05, 4.69) is 22.6 Å². The van der Waals surface area contributed by atoms with Crippen LogP contribution in [0.5, 0.6) is 5.75 Å². The number of hydrogen-bond acceptors (Lipinski definition) is 4. The molecule has 1 saturated heterocycles. The smallest absolute Gasteiger partial charge is 0.387 e. The molecule has 0 aliphatic carbocycles. The summed E-state index contributed by atoms with van der Waals surface area (Å²) >= 11 is 0. The molecule has 0 spiro atoms. The maximum atomic E-state index is 13.0. The van der Waals surface area contributed by atoms with Gasteiger partial charge in [-0.1, -0.05) is 13.0 Å². The van der Waals surface area contributed by atoms with Crippen molar-refractivity contribution in [3.63, 3.8) is 0 Å². The molecule has 1 fully saturated rings. The largest absolute Gasteiger partial charge is 0.435 e. The molecule has 1 aliphatic rings. The first-order valence-corrected chi connectivity index (χ1v) is 11.0. The fraction of sp³-hybridized carbons (Fsp3) is 0.333. The lowest BCUT2D eigenvalue weighted by atomic mass is 9.91. The maximum Gasteiger partial charge on any atom is 0.387 e. The standard InChI is InChI=1S/C21H22F2N2O3S/c1-2-10-24-13-17(14-24)15-3-8-20-16(12-15)9-11-25(20)29(26,27)19-6-4-18(5-7-19)28-21(22)23/h3-9,11-12,17,21H,2,10,13-14H2,1H3. The van der Waals surface area contributed by atoms with E-state index in [9.17, 15) is 17.2 Å². The molecular formula is C21H22F2N2O3S. The van der Waals surface area contributed by atoms with Gasteiger partial charge in [0.25, 0.3) is 10.0 Å². The van der Waals surface area contributed by atoms with E-state index in [0.29, 0.717) is 11.4 Å². The van der Waals surface area contributed by atoms with Crippen LogP contribution < -0.4 is 4.74 Å². The van der Waals surface area contributed by atoms with Crippen molar-refractivity contribution in [2.75, 3.05) is 19.6 Å². The zero-order valence-corrected chi connectivity index (χ0v) is 16.8. The minimum absolute atomic E-state index is 0.00916. The Labute approximate surface area is 168 Å². The quantitative estimate of drug-likeness (QED) is 0.572. The van der Waals surface area contributed by atoms with Gasteiger partial charge in [0.05, 0.1) is 10.4 Å². The molecule has 2 aromatic carbocycles. The Hall–Kier alpha value is -2.45. The van der Waals surface area contributed by atoms with Crippen LogP contribution in [0.2, 0.25) is 0 Å². The number of nitrogens with zero attached hydrogens (tertiary/aromatic N) is 2. The van der Waals surface area contributed by atoms with Crippen LogP contribution in [0.1, 0.15) is 24.8 Å². The molecule has 0 saturated carbocycles. The molecule has 0 bridgehead atoms. The van der Waals surface area contributed by atoms with Crippen LogP contribution in [0, 0.1) is 0 Å². The second-order valence-corrected chi connectivity index (χ2v) is 9.06. The third kappa shape index (κ3) is 3.86. The molecule has 0 unspecified atom stereocenters. The molecule has 8 heteroatoms. The van der Waals surface area contributed by atoms with Crippen molar-refractivity contribution < 1.29 is 21.9 Å². The number of rotatable bonds is 7. The van der Waals surface area contributed by atoms with Gasteiger partial charge in [-0.2, -0.15) is 8.78 Å². The summed E-state index contributed by atoms with van der Waals surface area (Å²) in [6.07, 6.45) is 2.67. The second-order valence-electron chi connectivity index (χ2n) is 7.24. The highest BCUT2D eigenvalue weighted by molar-refractivity contribution is 7.90. The van der Waals surface area contributed by atoms with Crippen LogP contribution in [-0.2, 0) is 10.0 Å². The third-order valence-electron chi connectivity index (χ3n) is 5.25. The van der Waals surface area contributed by atoms with Gasteiger partial charge in [0.2, 0.25) is 0 Å². The van der Waals surface area contributed by atoms with Crippen molar-refractivity contribution in [2.45, 2.75) is 30.8 Å². The van der Waals surface area contributed by atoms with Gasteiger partial charge in [-0.3, -0.25) is 0 Å². The monoisotopic (exact) mass is 420 g/mol. The predicted octanol–water partition coefficient (Wildman–Crippen LogP) is 4.29. The fourth-order valence-corrected chi connectivity index (χ4v) is 5.14. The van der Waals surface area contributed by atoms with E-state index in [1.165, 1.54) is 40.0 Å². The number of alkyl halides is 2. The van der Waals surface area contributed by atoms with Crippen LogP contribution in [0.25, 0.3) is 10.9 Å². The molecule has 2 heterocycles. The summed E-state index contributed by atoms with van der Waals surface area (Å²) in [5.74, 6) is 0.395. The van der Waals surface area contributed by atoms with Gasteiger partial charge in [0.1, 0.15) is 5.75 Å². The molecule has 4 rings (SSSR count). The predicted molar refractivity (Wildman–Crippen MR) is 107 cm³/mol. The second kappa shape index (κ2) is 7.76. The fourth-order valence-electron chi connectivity index (χ4n) is 3.79. The van der Waals surface area contributed by atoms with Gasteiger partial charge in [-0.25, -0.2) is 12.4 Å². The van der Waals surface area contributed by atoms with E-state index in [-0.39, 0.29) is 10.6 Å². The molecule has 3 aromatic rings. The Kier molecular flexibility index (Phi) is 5.31. The lowest BCUT2D eigenvalue weighted by molar-refractivity contribution is -0.0498. The molecular weight excluding hydrogens is 398 g/mol. The van der Waals surface area contributed by atoms with Crippen molar-refractivity contribution in [1.29, 1.82) is 0 Å². The Morgan fingerprint density at radius 2 is 1.83 bits per heavy atom. The van der Waals surface area contributed by atoms with E-state index < -0.39 is 16.6 Å². The first-order chi connectivity index (χ1) is 13.9. The lowest BCUT2D eigenvalue weighted by Crippen LogP contribution is -2.45. The minimum atomic E-state index is -3.84. The van der Waals surface area contributed by atoms with Gasteiger partial charge >= 0.3 is 6.61 Å². The molecule has 0 N–H and O–H groups in total. The van der Waals surface area contributed by atoms with Gasteiger partial charge in [0, 0.05) is 30.6 Å². The third-order valence-corrected chi connectivity index (χ3v) is 6.96. The maximum absolute atomic E-state index is 13.0. The van der Waals surface area contributed by atoms with Crippen LogP contribution >= 0.6 is 0 Å². The summed E-state index contributed by atoms with van der Waals surface area (Å²) in [5, 5.41) is 0.859. The number of aromatic nitrogens is 1. The van der Waals surface area contributed by atoms with Crippen molar-refractivity contribution >= 4 is 20.9 Å². The molecule has 0 amide bonds. The first kappa shape index (κ1) is 19.8. The normalized spacial score (nSPS) is 15.7. The van der Waals surface area contributed by atoms with E-state index in [1.807, 2.05) is 12.1 Å². The first-order valence-electron chi connectivity index (χ1n) is 9.52. The van der Waals surface area contributed by atoms with Crippen LogP contribution in [0.15, 0.2) is 59.6 Å². The molecule has 5 nitrogen and oxygen atoms in total. The lowest BCUT2D eigenvalue weighted by Gasteiger charge is -2.39. The number of likely N-dealkylation sites (tertiary alicyclic amines) is 1. The number of hydrogen-bond donors (Lipinski definition) is 0. The number of fused-ring (bicyclic) bond motifs is 1. The van der Waals surface area contributed by atoms with Crippen molar-refractivity contribution in [3.05, 3.63) is 60.3 Å². The summed E-state index contributed by atoms with van der Waals surface area (Å²) in [7, 11) is -3.84. The van der Waals surface area contributed by atoms with E-state index in [0.717, 1.165) is 31.4 Å². The van der Waals surface area contributed by atoms with Crippen LogP contribution in [0.4, 0.5) is 8.78 Å². The molecule has 1 aromatic heterocycles. The summed E-state index contributed by atoms with van der Waals surface area (Å²) in [6, 6.07) is 12.6. The highest BCUT2D eigenvalue weighted by Gasteiger charge is 2.27.